The molecule has 2 N–H and O–H groups in total. The van der Waals surface area contributed by atoms with Gasteiger partial charge < -0.3 is 4.90 Å². The van der Waals surface area contributed by atoms with Crippen LogP contribution in [0.3, 0.4) is 0 Å². The van der Waals surface area contributed by atoms with Gasteiger partial charge >= 0.3 is 0 Å². The van der Waals surface area contributed by atoms with Crippen molar-refractivity contribution in [2.45, 2.75) is 36.9 Å². The molecule has 6 nitrogen and oxygen atoms in total. The van der Waals surface area contributed by atoms with E-state index in [2.05, 4.69) is 14.9 Å². The van der Waals surface area contributed by atoms with Crippen molar-refractivity contribution in [2.24, 2.45) is 5.14 Å². The van der Waals surface area contributed by atoms with Crippen LogP contribution in [0.15, 0.2) is 22.4 Å². The summed E-state index contributed by atoms with van der Waals surface area (Å²) in [5, 5.41) is 5.95. The molecule has 0 spiro atoms. The fourth-order valence-corrected chi connectivity index (χ4v) is 4.83. The first-order valence-electron chi connectivity index (χ1n) is 7.06. The Kier molecular flexibility index (Phi) is 3.92. The number of nitrogens with zero attached hydrogens (tertiary/aromatic N) is 3. The van der Waals surface area contributed by atoms with E-state index in [1.807, 2.05) is 25.1 Å². The molecule has 2 aromatic rings. The Morgan fingerprint density at radius 1 is 1.32 bits per heavy atom. The first kappa shape index (κ1) is 15.4. The smallest absolute Gasteiger partial charge is 0.249 e. The Bertz CT molecular complexity index is 801. The Morgan fingerprint density at radius 3 is 2.73 bits per heavy atom. The van der Waals surface area contributed by atoms with Crippen LogP contribution in [0.2, 0.25) is 0 Å². The van der Waals surface area contributed by atoms with Gasteiger partial charge in [-0.25, -0.2) is 18.5 Å². The molecule has 22 heavy (non-hydrogen) atoms. The molecule has 0 unspecified atom stereocenters. The second-order valence-electron chi connectivity index (χ2n) is 5.47. The lowest BCUT2D eigenvalue weighted by atomic mass is 10.1. The Morgan fingerprint density at radius 2 is 2.09 bits per heavy atom. The normalized spacial score (nSPS) is 18.9. The van der Waals surface area contributed by atoms with E-state index in [1.54, 1.807) is 6.92 Å². The van der Waals surface area contributed by atoms with Crippen molar-refractivity contribution in [3.63, 3.8) is 0 Å². The highest BCUT2D eigenvalue weighted by molar-refractivity contribution is 7.91. The van der Waals surface area contributed by atoms with Crippen LogP contribution in [-0.4, -0.2) is 24.9 Å². The molecule has 0 aliphatic carbocycles. The molecule has 1 aliphatic rings. The number of hydrogen-bond acceptors (Lipinski definition) is 6. The average Bonchev–Trinajstić information content (AvgIpc) is 3.03. The minimum Gasteiger partial charge on any atom is -0.339 e. The minimum atomic E-state index is -3.72. The molecule has 3 heterocycles. The van der Waals surface area contributed by atoms with Gasteiger partial charge in [0.2, 0.25) is 10.0 Å². The molecule has 1 fully saturated rings. The molecule has 2 aromatic heterocycles. The van der Waals surface area contributed by atoms with Crippen LogP contribution >= 0.6 is 11.3 Å². The molecule has 8 heteroatoms. The van der Waals surface area contributed by atoms with Gasteiger partial charge in [0, 0.05) is 12.2 Å². The van der Waals surface area contributed by atoms with E-state index >= 15 is 0 Å². The van der Waals surface area contributed by atoms with Gasteiger partial charge in [-0.15, -0.1) is 0 Å². The Hall–Kier alpha value is -1.51. The van der Waals surface area contributed by atoms with Crippen LogP contribution in [0.25, 0.3) is 0 Å². The third-order valence-corrected chi connectivity index (χ3v) is 6.50. The predicted molar refractivity (Wildman–Crippen MR) is 86.5 cm³/mol. The van der Waals surface area contributed by atoms with E-state index < -0.39 is 10.0 Å². The summed E-state index contributed by atoms with van der Waals surface area (Å²) in [6, 6.07) is 6.11. The molecular weight excluding hydrogens is 320 g/mol. The van der Waals surface area contributed by atoms with E-state index in [1.165, 1.54) is 0 Å². The Balaban J connectivity index is 1.97. The maximum atomic E-state index is 11.6. The SMILES string of the molecule is Cc1cccc([C@H]2CCCN2c2nc(C)c(S(N)(=O)=O)s2)n1. The van der Waals surface area contributed by atoms with Crippen LogP contribution in [0, 0.1) is 13.8 Å². The summed E-state index contributed by atoms with van der Waals surface area (Å²) in [6.45, 7) is 4.49. The third kappa shape index (κ3) is 2.86. The van der Waals surface area contributed by atoms with Gasteiger partial charge in [0.15, 0.2) is 9.34 Å². The highest BCUT2D eigenvalue weighted by atomic mass is 32.2. The first-order valence-corrected chi connectivity index (χ1v) is 9.43. The fourth-order valence-electron chi connectivity index (χ4n) is 2.81. The van der Waals surface area contributed by atoms with Crippen molar-refractivity contribution in [1.29, 1.82) is 0 Å². The maximum Gasteiger partial charge on any atom is 0.249 e. The van der Waals surface area contributed by atoms with Gasteiger partial charge in [0.25, 0.3) is 0 Å². The van der Waals surface area contributed by atoms with Gasteiger partial charge in [-0.3, -0.25) is 4.98 Å². The highest BCUT2D eigenvalue weighted by Crippen LogP contribution is 2.39. The topological polar surface area (TPSA) is 89.2 Å². The van der Waals surface area contributed by atoms with E-state index in [0.29, 0.717) is 10.8 Å². The van der Waals surface area contributed by atoms with Crippen LogP contribution < -0.4 is 10.0 Å². The standard InChI is InChI=1S/C14H18N4O2S2/c1-9-5-3-6-11(16-9)12-7-4-8-18(12)14-17-10(2)13(21-14)22(15,19)20/h3,5-6,12H,4,7-8H2,1-2H3,(H2,15,19,20)/t12-/m1/s1. The summed E-state index contributed by atoms with van der Waals surface area (Å²) >= 11 is 1.14. The van der Waals surface area contributed by atoms with Crippen molar-refractivity contribution in [3.05, 3.63) is 35.3 Å². The highest BCUT2D eigenvalue weighted by Gasteiger charge is 2.31. The maximum absolute atomic E-state index is 11.6. The number of anilines is 1. The number of primary sulfonamides is 1. The summed E-state index contributed by atoms with van der Waals surface area (Å²) in [5.41, 5.74) is 2.44. The minimum absolute atomic E-state index is 0.138. The van der Waals surface area contributed by atoms with Gasteiger partial charge in [-0.05, 0) is 38.8 Å². The third-order valence-electron chi connectivity index (χ3n) is 3.75. The molecule has 1 atom stereocenters. The number of aryl methyl sites for hydroxylation is 2. The number of rotatable bonds is 3. The van der Waals surface area contributed by atoms with Crippen molar-refractivity contribution in [3.8, 4) is 0 Å². The zero-order valence-electron chi connectivity index (χ0n) is 12.5. The lowest BCUT2D eigenvalue weighted by Crippen LogP contribution is -2.23. The van der Waals surface area contributed by atoms with Crippen molar-refractivity contribution in [1.82, 2.24) is 9.97 Å². The van der Waals surface area contributed by atoms with Crippen molar-refractivity contribution in [2.75, 3.05) is 11.4 Å². The van der Waals surface area contributed by atoms with Crippen LogP contribution in [-0.2, 0) is 10.0 Å². The molecular formula is C14H18N4O2S2. The molecule has 0 amide bonds. The largest absolute Gasteiger partial charge is 0.339 e. The van der Waals surface area contributed by atoms with Crippen molar-refractivity contribution < 1.29 is 8.42 Å². The van der Waals surface area contributed by atoms with E-state index in [0.717, 1.165) is 42.1 Å². The lowest BCUT2D eigenvalue weighted by Gasteiger charge is -2.23. The van der Waals surface area contributed by atoms with E-state index in [-0.39, 0.29) is 10.3 Å². The second-order valence-corrected chi connectivity index (χ2v) is 8.20. The zero-order chi connectivity index (χ0) is 15.9. The second kappa shape index (κ2) is 5.60. The van der Waals surface area contributed by atoms with Gasteiger partial charge in [0.1, 0.15) is 0 Å². The molecule has 0 saturated carbocycles. The van der Waals surface area contributed by atoms with Crippen LogP contribution in [0.1, 0.15) is 36.0 Å². The zero-order valence-corrected chi connectivity index (χ0v) is 14.1. The van der Waals surface area contributed by atoms with E-state index in [4.69, 9.17) is 5.14 Å². The summed E-state index contributed by atoms with van der Waals surface area (Å²) < 4.78 is 23.3. The summed E-state index contributed by atoms with van der Waals surface area (Å²) in [5.74, 6) is 0. The number of nitrogens with two attached hydrogens (primary N) is 1. The number of thiazole rings is 1. The molecule has 0 bridgehead atoms. The molecule has 0 aromatic carbocycles. The first-order chi connectivity index (χ1) is 10.4. The van der Waals surface area contributed by atoms with Gasteiger partial charge in [0.05, 0.1) is 17.4 Å². The monoisotopic (exact) mass is 338 g/mol. The lowest BCUT2D eigenvalue weighted by molar-refractivity contribution is 0.599. The average molecular weight is 338 g/mol. The van der Waals surface area contributed by atoms with Gasteiger partial charge in [-0.1, -0.05) is 17.4 Å². The van der Waals surface area contributed by atoms with Crippen LogP contribution in [0.4, 0.5) is 5.13 Å². The number of hydrogen-bond donors (Lipinski definition) is 1. The number of pyridine rings is 1. The molecule has 0 radical (unpaired) electrons. The van der Waals surface area contributed by atoms with Crippen LogP contribution in [0.5, 0.6) is 0 Å². The molecule has 1 saturated heterocycles. The molecule has 3 rings (SSSR count). The summed E-state index contributed by atoms with van der Waals surface area (Å²) in [7, 11) is -3.72. The molecule has 118 valence electrons. The Labute approximate surface area is 134 Å². The summed E-state index contributed by atoms with van der Waals surface area (Å²) in [6.07, 6.45) is 2.02. The fraction of sp³-hybridized carbons (Fsp3) is 0.429. The number of aromatic nitrogens is 2. The molecule has 1 aliphatic heterocycles. The predicted octanol–water partition coefficient (Wildman–Crippen LogP) is 2.14. The number of sulfonamides is 1. The quantitative estimate of drug-likeness (QED) is 0.926. The van der Waals surface area contributed by atoms with Crippen molar-refractivity contribution >= 4 is 26.5 Å². The van der Waals surface area contributed by atoms with Gasteiger partial charge in [-0.2, -0.15) is 0 Å². The van der Waals surface area contributed by atoms with E-state index in [9.17, 15) is 8.42 Å². The summed E-state index contributed by atoms with van der Waals surface area (Å²) in [4.78, 5) is 11.1.